The topological polar surface area (TPSA) is 74.2 Å². The minimum atomic E-state index is -0.759. The first-order valence-corrected chi connectivity index (χ1v) is 8.74. The van der Waals surface area contributed by atoms with E-state index >= 15 is 0 Å². The molecule has 8 heteroatoms. The van der Waals surface area contributed by atoms with Gasteiger partial charge in [0.05, 0.1) is 18.8 Å². The number of nitrogens with zero attached hydrogens (tertiary/aromatic N) is 1. The molecule has 0 saturated heterocycles. The van der Waals surface area contributed by atoms with Crippen molar-refractivity contribution < 1.29 is 23.1 Å². The molecule has 0 fully saturated rings. The fourth-order valence-corrected chi connectivity index (χ4v) is 2.84. The molecule has 0 radical (unpaired) electrons. The third kappa shape index (κ3) is 4.72. The molecular formula is C21H18F3N3O2. The van der Waals surface area contributed by atoms with Gasteiger partial charge in [0.25, 0.3) is 0 Å². The molecule has 2 amide bonds. The van der Waals surface area contributed by atoms with Crippen LogP contribution in [0, 0.1) is 24.4 Å². The van der Waals surface area contributed by atoms with Gasteiger partial charge in [-0.1, -0.05) is 12.1 Å². The zero-order chi connectivity index (χ0) is 21.0. The second-order valence-electron chi connectivity index (χ2n) is 6.33. The summed E-state index contributed by atoms with van der Waals surface area (Å²) in [7, 11) is 0. The summed E-state index contributed by atoms with van der Waals surface area (Å²) >= 11 is 0. The highest BCUT2D eigenvalue weighted by molar-refractivity contribution is 5.88. The van der Waals surface area contributed by atoms with Gasteiger partial charge in [0.1, 0.15) is 23.3 Å². The molecule has 3 N–H and O–H groups in total. The molecule has 0 atom stereocenters. The van der Waals surface area contributed by atoms with E-state index in [0.29, 0.717) is 22.4 Å². The average Bonchev–Trinajstić information content (AvgIpc) is 2.67. The number of carbonyl (C=O) groups is 1. The summed E-state index contributed by atoms with van der Waals surface area (Å²) in [6.45, 7) is 1.07. The summed E-state index contributed by atoms with van der Waals surface area (Å²) in [5.74, 6) is -1.76. The molecule has 0 saturated carbocycles. The number of aliphatic hydroxyl groups excluding tert-OH is 1. The van der Waals surface area contributed by atoms with Crippen LogP contribution in [-0.4, -0.2) is 16.1 Å². The second-order valence-corrected chi connectivity index (χ2v) is 6.33. The molecule has 3 rings (SSSR count). The number of halogens is 3. The normalized spacial score (nSPS) is 10.7. The maximum absolute atomic E-state index is 13.6. The van der Waals surface area contributed by atoms with Gasteiger partial charge >= 0.3 is 6.03 Å². The predicted molar refractivity (Wildman–Crippen MR) is 103 cm³/mol. The van der Waals surface area contributed by atoms with Crippen LogP contribution in [0.2, 0.25) is 0 Å². The third-order valence-corrected chi connectivity index (χ3v) is 4.32. The van der Waals surface area contributed by atoms with Crippen molar-refractivity contribution in [2.45, 2.75) is 20.1 Å². The minimum Gasteiger partial charge on any atom is -0.392 e. The van der Waals surface area contributed by atoms with Gasteiger partial charge in [-0.2, -0.15) is 0 Å². The number of aromatic nitrogens is 1. The number of benzene rings is 2. The van der Waals surface area contributed by atoms with Gasteiger partial charge in [-0.15, -0.1) is 0 Å². The van der Waals surface area contributed by atoms with E-state index in [0.717, 1.165) is 12.1 Å². The molecule has 0 bridgehead atoms. The van der Waals surface area contributed by atoms with Gasteiger partial charge in [-0.25, -0.2) is 22.9 Å². The Labute approximate surface area is 165 Å². The summed E-state index contributed by atoms with van der Waals surface area (Å²) in [6.07, 6.45) is 0. The van der Waals surface area contributed by atoms with E-state index in [1.54, 1.807) is 13.0 Å². The van der Waals surface area contributed by atoms with Gasteiger partial charge in [-0.05, 0) is 48.9 Å². The first-order chi connectivity index (χ1) is 13.9. The number of hydrogen-bond donors (Lipinski definition) is 3. The number of anilines is 1. The average molecular weight is 401 g/mol. The minimum absolute atomic E-state index is 0.160. The molecule has 150 valence electrons. The number of amides is 2. The lowest BCUT2D eigenvalue weighted by atomic mass is 10.0. The van der Waals surface area contributed by atoms with E-state index in [9.17, 15) is 23.1 Å². The van der Waals surface area contributed by atoms with Gasteiger partial charge in [0.15, 0.2) is 0 Å². The van der Waals surface area contributed by atoms with E-state index in [4.69, 9.17) is 0 Å². The van der Waals surface area contributed by atoms with Crippen LogP contribution in [0.5, 0.6) is 0 Å². The van der Waals surface area contributed by atoms with Crippen LogP contribution < -0.4 is 10.6 Å². The van der Waals surface area contributed by atoms with Gasteiger partial charge in [0, 0.05) is 16.7 Å². The van der Waals surface area contributed by atoms with E-state index in [2.05, 4.69) is 15.6 Å². The second kappa shape index (κ2) is 8.74. The van der Waals surface area contributed by atoms with E-state index < -0.39 is 23.5 Å². The molecule has 0 aliphatic heterocycles. The Morgan fingerprint density at radius 2 is 1.79 bits per heavy atom. The summed E-state index contributed by atoms with van der Waals surface area (Å²) in [6, 6.07) is 9.95. The van der Waals surface area contributed by atoms with Crippen LogP contribution in [-0.2, 0) is 13.2 Å². The van der Waals surface area contributed by atoms with Crippen molar-refractivity contribution in [2.24, 2.45) is 0 Å². The Hall–Kier alpha value is -3.39. The standard InChI is InChI=1S/C21H18F3N3O2/c1-12-9-14(22)6-7-15(12)20-13(11-28)5-8-19(26-20)27-21(29)25-10-16-17(23)3-2-4-18(16)24/h2-9,28H,10-11H2,1H3,(H2,25,26,27,29). The number of nitrogens with one attached hydrogen (secondary N) is 2. The van der Waals surface area contributed by atoms with Crippen molar-refractivity contribution >= 4 is 11.8 Å². The molecule has 3 aromatic rings. The van der Waals surface area contributed by atoms with Crippen molar-refractivity contribution in [1.29, 1.82) is 0 Å². The molecule has 0 aliphatic carbocycles. The molecule has 29 heavy (non-hydrogen) atoms. The Morgan fingerprint density at radius 3 is 2.45 bits per heavy atom. The zero-order valence-electron chi connectivity index (χ0n) is 15.5. The first kappa shape index (κ1) is 20.3. The number of hydrogen-bond acceptors (Lipinski definition) is 3. The van der Waals surface area contributed by atoms with E-state index in [1.807, 2.05) is 0 Å². The van der Waals surface area contributed by atoms with Crippen molar-refractivity contribution in [3.05, 3.63) is 82.7 Å². The lowest BCUT2D eigenvalue weighted by Gasteiger charge is -2.13. The number of rotatable bonds is 5. The van der Waals surface area contributed by atoms with Crippen molar-refractivity contribution in [3.63, 3.8) is 0 Å². The van der Waals surface area contributed by atoms with Crippen LogP contribution in [0.3, 0.4) is 0 Å². The highest BCUT2D eigenvalue weighted by Crippen LogP contribution is 2.27. The number of carbonyl (C=O) groups excluding carboxylic acids is 1. The third-order valence-electron chi connectivity index (χ3n) is 4.32. The van der Waals surface area contributed by atoms with Crippen molar-refractivity contribution in [1.82, 2.24) is 10.3 Å². The van der Waals surface area contributed by atoms with Crippen LogP contribution in [0.25, 0.3) is 11.3 Å². The fraction of sp³-hybridized carbons (Fsp3) is 0.143. The van der Waals surface area contributed by atoms with Crippen LogP contribution >= 0.6 is 0 Å². The SMILES string of the molecule is Cc1cc(F)ccc1-c1nc(NC(=O)NCc2c(F)cccc2F)ccc1CO. The molecule has 0 spiro atoms. The highest BCUT2D eigenvalue weighted by Gasteiger charge is 2.14. The van der Waals surface area contributed by atoms with Gasteiger partial charge in [0.2, 0.25) is 0 Å². The maximum atomic E-state index is 13.6. The van der Waals surface area contributed by atoms with E-state index in [1.165, 1.54) is 30.3 Å². The first-order valence-electron chi connectivity index (χ1n) is 8.74. The zero-order valence-corrected chi connectivity index (χ0v) is 15.5. The van der Waals surface area contributed by atoms with Crippen molar-refractivity contribution in [3.8, 4) is 11.3 Å². The monoisotopic (exact) mass is 401 g/mol. The van der Waals surface area contributed by atoms with Crippen LogP contribution in [0.4, 0.5) is 23.8 Å². The van der Waals surface area contributed by atoms with Crippen LogP contribution in [0.1, 0.15) is 16.7 Å². The Bertz CT molecular complexity index is 1040. The lowest BCUT2D eigenvalue weighted by molar-refractivity contribution is 0.251. The van der Waals surface area contributed by atoms with Crippen molar-refractivity contribution in [2.75, 3.05) is 5.32 Å². The van der Waals surface area contributed by atoms with Crippen LogP contribution in [0.15, 0.2) is 48.5 Å². The summed E-state index contributed by atoms with van der Waals surface area (Å²) in [5, 5.41) is 14.4. The lowest BCUT2D eigenvalue weighted by Crippen LogP contribution is -2.29. The number of aliphatic hydroxyl groups is 1. The maximum Gasteiger partial charge on any atom is 0.320 e. The van der Waals surface area contributed by atoms with Gasteiger partial charge in [-0.3, -0.25) is 5.32 Å². The highest BCUT2D eigenvalue weighted by atomic mass is 19.1. The van der Waals surface area contributed by atoms with E-state index in [-0.39, 0.29) is 24.5 Å². The predicted octanol–water partition coefficient (Wildman–Crippen LogP) is 4.29. The number of aryl methyl sites for hydroxylation is 1. The smallest absolute Gasteiger partial charge is 0.320 e. The molecule has 1 heterocycles. The summed E-state index contributed by atoms with van der Waals surface area (Å²) in [5.41, 5.74) is 1.85. The molecule has 0 aliphatic rings. The molecule has 1 aromatic heterocycles. The number of pyridine rings is 1. The molecular weight excluding hydrogens is 383 g/mol. The largest absolute Gasteiger partial charge is 0.392 e. The summed E-state index contributed by atoms with van der Waals surface area (Å²) in [4.78, 5) is 16.4. The summed E-state index contributed by atoms with van der Waals surface area (Å²) < 4.78 is 40.7. The Morgan fingerprint density at radius 1 is 1.07 bits per heavy atom. The Balaban J connectivity index is 1.78. The quantitative estimate of drug-likeness (QED) is 0.597. The fourth-order valence-electron chi connectivity index (χ4n) is 2.84. The van der Waals surface area contributed by atoms with Gasteiger partial charge < -0.3 is 10.4 Å². The Kier molecular flexibility index (Phi) is 6.13. The molecule has 2 aromatic carbocycles. The number of urea groups is 1. The molecule has 5 nitrogen and oxygen atoms in total. The molecule has 0 unspecified atom stereocenters.